The third-order valence-electron chi connectivity index (χ3n) is 3.28. The second-order valence-electron chi connectivity index (χ2n) is 6.52. The molecule has 0 aliphatic carbocycles. The number of carboxylic acids is 1. The number of carbonyl (C=O) groups is 1. The molecule has 9 heteroatoms. The van der Waals surface area contributed by atoms with E-state index in [4.69, 9.17) is 9.52 Å². The highest BCUT2D eigenvalue weighted by Gasteiger charge is 2.20. The fourth-order valence-corrected chi connectivity index (χ4v) is 2.12. The second-order valence-corrected chi connectivity index (χ2v) is 6.52. The van der Waals surface area contributed by atoms with Gasteiger partial charge in [0.1, 0.15) is 24.2 Å². The second kappa shape index (κ2) is 5.91. The molecule has 3 aromatic rings. The molecule has 3 heterocycles. The summed E-state index contributed by atoms with van der Waals surface area (Å²) in [7, 11) is 0. The van der Waals surface area contributed by atoms with Crippen LogP contribution in [0.2, 0.25) is 0 Å². The summed E-state index contributed by atoms with van der Waals surface area (Å²) in [4.78, 5) is 15.1. The molecule has 0 saturated carbocycles. The minimum absolute atomic E-state index is 0.148. The number of rotatable bonds is 5. The maximum atomic E-state index is 10.7. The van der Waals surface area contributed by atoms with Crippen molar-refractivity contribution in [2.24, 2.45) is 0 Å². The zero-order chi connectivity index (χ0) is 17.3. The Kier molecular flexibility index (Phi) is 3.92. The van der Waals surface area contributed by atoms with Gasteiger partial charge in [0.25, 0.3) is 0 Å². The minimum atomic E-state index is -0.950. The van der Waals surface area contributed by atoms with Gasteiger partial charge < -0.3 is 9.52 Å². The van der Waals surface area contributed by atoms with Crippen LogP contribution in [0.15, 0.2) is 29.3 Å². The standard InChI is InChI=1S/C15H18N6O3/c1-15(2,3)14-17-11(9-24-14)6-21-7-12(18-19-21)10-4-16-20(5-10)8-13(22)23/h4-5,7,9H,6,8H2,1-3H3,(H,22,23). The molecular formula is C15H18N6O3. The molecule has 1 N–H and O–H groups in total. The zero-order valence-electron chi connectivity index (χ0n) is 13.7. The SMILES string of the molecule is CC(C)(C)c1nc(Cn2cc(-c3cnn(CC(=O)O)c3)nn2)co1. The maximum Gasteiger partial charge on any atom is 0.325 e. The molecule has 0 saturated heterocycles. The summed E-state index contributed by atoms with van der Waals surface area (Å²) in [6.45, 7) is 6.35. The van der Waals surface area contributed by atoms with Crippen LogP contribution >= 0.6 is 0 Å². The van der Waals surface area contributed by atoms with Crippen LogP contribution in [0.5, 0.6) is 0 Å². The van der Waals surface area contributed by atoms with Crippen LogP contribution in [0.3, 0.4) is 0 Å². The third-order valence-corrected chi connectivity index (χ3v) is 3.28. The highest BCUT2D eigenvalue weighted by molar-refractivity contribution is 5.66. The molecule has 0 aromatic carbocycles. The lowest BCUT2D eigenvalue weighted by Crippen LogP contribution is -2.12. The van der Waals surface area contributed by atoms with Crippen LogP contribution in [0, 0.1) is 0 Å². The van der Waals surface area contributed by atoms with E-state index in [2.05, 4.69) is 20.4 Å². The normalized spacial score (nSPS) is 11.8. The summed E-state index contributed by atoms with van der Waals surface area (Å²) in [5, 5.41) is 20.9. The van der Waals surface area contributed by atoms with Crippen LogP contribution in [0.1, 0.15) is 32.4 Å². The van der Waals surface area contributed by atoms with Crippen molar-refractivity contribution in [1.29, 1.82) is 0 Å². The maximum absolute atomic E-state index is 10.7. The van der Waals surface area contributed by atoms with Gasteiger partial charge in [-0.2, -0.15) is 5.10 Å². The van der Waals surface area contributed by atoms with E-state index < -0.39 is 5.97 Å². The van der Waals surface area contributed by atoms with Crippen LogP contribution in [-0.4, -0.2) is 40.8 Å². The van der Waals surface area contributed by atoms with E-state index in [1.54, 1.807) is 29.5 Å². The summed E-state index contributed by atoms with van der Waals surface area (Å²) in [5.41, 5.74) is 1.94. The lowest BCUT2D eigenvalue weighted by molar-refractivity contribution is -0.137. The number of hydrogen-bond donors (Lipinski definition) is 1. The molecule has 24 heavy (non-hydrogen) atoms. The molecule has 126 valence electrons. The van der Waals surface area contributed by atoms with Gasteiger partial charge in [0, 0.05) is 17.2 Å². The first-order valence-electron chi connectivity index (χ1n) is 7.41. The highest BCUT2D eigenvalue weighted by Crippen LogP contribution is 2.21. The monoisotopic (exact) mass is 330 g/mol. The van der Waals surface area contributed by atoms with Crippen molar-refractivity contribution < 1.29 is 14.3 Å². The van der Waals surface area contributed by atoms with E-state index in [9.17, 15) is 4.79 Å². The van der Waals surface area contributed by atoms with Crippen LogP contribution < -0.4 is 0 Å². The van der Waals surface area contributed by atoms with E-state index in [1.807, 2.05) is 20.8 Å². The lowest BCUT2D eigenvalue weighted by atomic mass is 9.97. The fraction of sp³-hybridized carbons (Fsp3) is 0.400. The molecule has 0 spiro atoms. The molecule has 0 unspecified atom stereocenters. The molecule has 3 aromatic heterocycles. The van der Waals surface area contributed by atoms with Gasteiger partial charge in [0.05, 0.1) is 18.9 Å². The molecule has 0 aliphatic rings. The van der Waals surface area contributed by atoms with E-state index in [0.29, 0.717) is 23.7 Å². The predicted molar refractivity (Wildman–Crippen MR) is 83.2 cm³/mol. The van der Waals surface area contributed by atoms with Crippen molar-refractivity contribution in [3.8, 4) is 11.3 Å². The summed E-state index contributed by atoms with van der Waals surface area (Å²) in [6, 6.07) is 0. The Labute approximate surface area is 137 Å². The molecule has 0 bridgehead atoms. The van der Waals surface area contributed by atoms with Crippen molar-refractivity contribution in [3.63, 3.8) is 0 Å². The van der Waals surface area contributed by atoms with Crippen molar-refractivity contribution in [3.05, 3.63) is 36.4 Å². The van der Waals surface area contributed by atoms with Gasteiger partial charge in [-0.25, -0.2) is 9.67 Å². The van der Waals surface area contributed by atoms with E-state index in [-0.39, 0.29) is 12.0 Å². The summed E-state index contributed by atoms with van der Waals surface area (Å²) in [6.07, 6.45) is 6.56. The van der Waals surface area contributed by atoms with Crippen molar-refractivity contribution in [1.82, 2.24) is 29.8 Å². The number of oxazole rings is 1. The first-order chi connectivity index (χ1) is 11.3. The quantitative estimate of drug-likeness (QED) is 0.755. The van der Waals surface area contributed by atoms with Crippen LogP contribution in [0.4, 0.5) is 0 Å². The van der Waals surface area contributed by atoms with Crippen LogP contribution in [0.25, 0.3) is 11.3 Å². The number of hydrogen-bond acceptors (Lipinski definition) is 6. The van der Waals surface area contributed by atoms with Gasteiger partial charge in [-0.15, -0.1) is 5.10 Å². The Morgan fingerprint density at radius 2 is 2.08 bits per heavy atom. The third kappa shape index (κ3) is 3.50. The average molecular weight is 330 g/mol. The van der Waals surface area contributed by atoms with Gasteiger partial charge >= 0.3 is 5.97 Å². The predicted octanol–water partition coefficient (Wildman–Crippen LogP) is 1.56. The molecule has 9 nitrogen and oxygen atoms in total. The first-order valence-corrected chi connectivity index (χ1v) is 7.41. The Morgan fingerprint density at radius 1 is 1.29 bits per heavy atom. The van der Waals surface area contributed by atoms with E-state index >= 15 is 0 Å². The Balaban J connectivity index is 1.72. The summed E-state index contributed by atoms with van der Waals surface area (Å²) in [5.74, 6) is -0.276. The zero-order valence-corrected chi connectivity index (χ0v) is 13.7. The molecule has 0 atom stereocenters. The lowest BCUT2D eigenvalue weighted by Gasteiger charge is -2.11. The van der Waals surface area contributed by atoms with E-state index in [1.165, 1.54) is 4.68 Å². The van der Waals surface area contributed by atoms with Crippen molar-refractivity contribution in [2.45, 2.75) is 39.3 Å². The van der Waals surface area contributed by atoms with Crippen molar-refractivity contribution in [2.75, 3.05) is 0 Å². The van der Waals surface area contributed by atoms with E-state index in [0.717, 1.165) is 5.69 Å². The van der Waals surface area contributed by atoms with Gasteiger partial charge in [0.15, 0.2) is 5.89 Å². The average Bonchev–Trinajstić information content (AvgIpc) is 3.17. The molecular weight excluding hydrogens is 312 g/mol. The number of aliphatic carboxylic acids is 1. The van der Waals surface area contributed by atoms with Crippen molar-refractivity contribution >= 4 is 5.97 Å². The van der Waals surface area contributed by atoms with Gasteiger partial charge in [-0.05, 0) is 0 Å². The van der Waals surface area contributed by atoms with Gasteiger partial charge in [-0.3, -0.25) is 9.48 Å². The molecule has 0 aliphatic heterocycles. The summed E-state index contributed by atoms with van der Waals surface area (Å²) < 4.78 is 8.48. The van der Waals surface area contributed by atoms with Gasteiger partial charge in [-0.1, -0.05) is 26.0 Å². The first kappa shape index (κ1) is 15.9. The minimum Gasteiger partial charge on any atom is -0.480 e. The molecule has 0 amide bonds. The topological polar surface area (TPSA) is 112 Å². The largest absolute Gasteiger partial charge is 0.480 e. The Morgan fingerprint density at radius 3 is 2.75 bits per heavy atom. The molecule has 3 rings (SSSR count). The number of carboxylic acid groups (broad SMARTS) is 1. The number of aromatic nitrogens is 6. The molecule has 0 radical (unpaired) electrons. The number of nitrogens with zero attached hydrogens (tertiary/aromatic N) is 6. The highest BCUT2D eigenvalue weighted by atomic mass is 16.4. The Bertz CT molecular complexity index is 855. The smallest absolute Gasteiger partial charge is 0.325 e. The van der Waals surface area contributed by atoms with Crippen LogP contribution in [-0.2, 0) is 23.3 Å². The Hall–Kier alpha value is -2.97. The van der Waals surface area contributed by atoms with Gasteiger partial charge in [0.2, 0.25) is 0 Å². The summed E-state index contributed by atoms with van der Waals surface area (Å²) >= 11 is 0. The fourth-order valence-electron chi connectivity index (χ4n) is 2.12. The molecule has 0 fully saturated rings.